The number of anilines is 1. The molecule has 2 aromatic rings. The van der Waals surface area contributed by atoms with E-state index in [2.05, 4.69) is 5.32 Å². The summed E-state index contributed by atoms with van der Waals surface area (Å²) in [6.07, 6.45) is 0. The summed E-state index contributed by atoms with van der Waals surface area (Å²) in [4.78, 5) is 23.6. The van der Waals surface area contributed by atoms with Gasteiger partial charge in [-0.05, 0) is 36.1 Å². The summed E-state index contributed by atoms with van der Waals surface area (Å²) in [6.45, 7) is 1.33. The Morgan fingerprint density at radius 1 is 1.35 bits per heavy atom. The molecule has 4 nitrogen and oxygen atoms in total. The molecule has 0 bridgehead atoms. The summed E-state index contributed by atoms with van der Waals surface area (Å²) in [5.74, 6) is -1.50. The first-order valence-electron chi connectivity index (χ1n) is 5.83. The molecule has 1 heterocycles. The maximum atomic E-state index is 13.1. The second-order valence-electron chi connectivity index (χ2n) is 4.06. The Balaban J connectivity index is 1.90. The van der Waals surface area contributed by atoms with Crippen molar-refractivity contribution in [1.82, 2.24) is 0 Å². The molecular weight excluding hydrogens is 281 g/mol. The molecule has 2 rings (SSSR count). The average Bonchev–Trinajstić information content (AvgIpc) is 2.94. The van der Waals surface area contributed by atoms with E-state index in [9.17, 15) is 14.0 Å². The molecule has 0 saturated carbocycles. The Kier molecular flexibility index (Phi) is 4.47. The van der Waals surface area contributed by atoms with Gasteiger partial charge in [0, 0.05) is 5.69 Å². The van der Waals surface area contributed by atoms with E-state index in [1.165, 1.54) is 23.5 Å². The molecule has 0 radical (unpaired) electrons. The zero-order valence-electron chi connectivity index (χ0n) is 10.7. The van der Waals surface area contributed by atoms with Crippen LogP contribution in [0.4, 0.5) is 10.1 Å². The first-order chi connectivity index (χ1) is 9.56. The van der Waals surface area contributed by atoms with Crippen LogP contribution in [0.25, 0.3) is 0 Å². The highest BCUT2D eigenvalue weighted by molar-refractivity contribution is 7.11. The van der Waals surface area contributed by atoms with Gasteiger partial charge in [0.1, 0.15) is 10.7 Å². The van der Waals surface area contributed by atoms with Gasteiger partial charge in [-0.3, -0.25) is 4.79 Å². The van der Waals surface area contributed by atoms with Crippen molar-refractivity contribution in [3.05, 3.63) is 52.0 Å². The number of halogens is 1. The average molecular weight is 293 g/mol. The van der Waals surface area contributed by atoms with Crippen molar-refractivity contribution in [3.63, 3.8) is 0 Å². The molecule has 1 N–H and O–H groups in total. The van der Waals surface area contributed by atoms with E-state index >= 15 is 0 Å². The monoisotopic (exact) mass is 293 g/mol. The van der Waals surface area contributed by atoms with Crippen LogP contribution in [0.1, 0.15) is 15.2 Å². The first-order valence-corrected chi connectivity index (χ1v) is 6.71. The second kappa shape index (κ2) is 6.29. The Labute approximate surface area is 119 Å². The van der Waals surface area contributed by atoms with Gasteiger partial charge in [-0.15, -0.1) is 11.3 Å². The number of thiophene rings is 1. The Hall–Kier alpha value is -2.21. The van der Waals surface area contributed by atoms with E-state index in [-0.39, 0.29) is 0 Å². The summed E-state index contributed by atoms with van der Waals surface area (Å²) in [5.41, 5.74) is 1.09. The minimum atomic E-state index is -0.550. The first kappa shape index (κ1) is 14.2. The molecular formula is C14H12FNO3S. The van der Waals surface area contributed by atoms with E-state index in [0.717, 1.165) is 5.56 Å². The van der Waals surface area contributed by atoms with Crippen LogP contribution in [0.15, 0.2) is 35.7 Å². The van der Waals surface area contributed by atoms with E-state index < -0.39 is 24.3 Å². The summed E-state index contributed by atoms with van der Waals surface area (Å²) in [7, 11) is 0. The number of carbonyl (C=O) groups excluding carboxylic acids is 2. The molecule has 0 spiro atoms. The summed E-state index contributed by atoms with van der Waals surface area (Å²) in [6, 6.07) is 7.41. The maximum absolute atomic E-state index is 13.1. The lowest BCUT2D eigenvalue weighted by Crippen LogP contribution is -2.21. The molecule has 6 heteroatoms. The molecule has 0 atom stereocenters. The van der Waals surface area contributed by atoms with Gasteiger partial charge in [0.25, 0.3) is 5.91 Å². The van der Waals surface area contributed by atoms with E-state index in [4.69, 9.17) is 4.74 Å². The molecule has 1 aromatic carbocycles. The number of carbonyl (C=O) groups is 2. The summed E-state index contributed by atoms with van der Waals surface area (Å²) in [5, 5.41) is 4.24. The molecule has 0 saturated heterocycles. The zero-order valence-corrected chi connectivity index (χ0v) is 11.5. The van der Waals surface area contributed by atoms with Crippen LogP contribution in [0.5, 0.6) is 0 Å². The van der Waals surface area contributed by atoms with Crippen molar-refractivity contribution in [2.75, 3.05) is 11.9 Å². The fourth-order valence-electron chi connectivity index (χ4n) is 1.51. The normalized spacial score (nSPS) is 10.1. The topological polar surface area (TPSA) is 55.4 Å². The van der Waals surface area contributed by atoms with Gasteiger partial charge in [0.05, 0.1) is 0 Å². The maximum Gasteiger partial charge on any atom is 0.348 e. The fourth-order valence-corrected chi connectivity index (χ4v) is 2.13. The number of esters is 1. The van der Waals surface area contributed by atoms with E-state index in [1.54, 1.807) is 30.5 Å². The van der Waals surface area contributed by atoms with Crippen LogP contribution in [0.2, 0.25) is 0 Å². The number of benzene rings is 1. The molecule has 0 aliphatic carbocycles. The van der Waals surface area contributed by atoms with E-state index in [1.807, 2.05) is 0 Å². The highest BCUT2D eigenvalue weighted by Gasteiger charge is 2.12. The van der Waals surface area contributed by atoms with Crippen LogP contribution in [-0.4, -0.2) is 18.5 Å². The standard InChI is InChI=1S/C14H12FNO3S/c1-9-4-5-10(15)7-11(9)16-13(17)8-19-14(18)12-3-2-6-20-12/h2-7H,8H2,1H3,(H,16,17). The molecule has 104 valence electrons. The third-order valence-electron chi connectivity index (χ3n) is 2.53. The van der Waals surface area contributed by atoms with Gasteiger partial charge < -0.3 is 10.1 Å². The lowest BCUT2D eigenvalue weighted by molar-refractivity contribution is -0.119. The Bertz CT molecular complexity index is 625. The third-order valence-corrected chi connectivity index (χ3v) is 3.38. The van der Waals surface area contributed by atoms with Crippen molar-refractivity contribution in [3.8, 4) is 0 Å². The predicted octanol–water partition coefficient (Wildman–Crippen LogP) is 2.99. The molecule has 0 fully saturated rings. The van der Waals surface area contributed by atoms with Gasteiger partial charge in [0.2, 0.25) is 0 Å². The molecule has 1 amide bonds. The van der Waals surface area contributed by atoms with Crippen molar-refractivity contribution in [1.29, 1.82) is 0 Å². The number of nitrogens with one attached hydrogen (secondary N) is 1. The minimum Gasteiger partial charge on any atom is -0.451 e. The molecule has 0 aliphatic heterocycles. The quantitative estimate of drug-likeness (QED) is 0.882. The molecule has 0 aliphatic rings. The Morgan fingerprint density at radius 2 is 2.15 bits per heavy atom. The van der Waals surface area contributed by atoms with E-state index in [0.29, 0.717) is 10.6 Å². The minimum absolute atomic E-state index is 0.363. The second-order valence-corrected chi connectivity index (χ2v) is 5.01. The number of ether oxygens (including phenoxy) is 1. The SMILES string of the molecule is Cc1ccc(F)cc1NC(=O)COC(=O)c1cccs1. The van der Waals surface area contributed by atoms with Crippen molar-refractivity contribution >= 4 is 28.9 Å². The summed E-state index contributed by atoms with van der Waals surface area (Å²) < 4.78 is 17.9. The van der Waals surface area contributed by atoms with Crippen molar-refractivity contribution in [2.24, 2.45) is 0 Å². The van der Waals surface area contributed by atoms with Gasteiger partial charge in [-0.25, -0.2) is 9.18 Å². The fraction of sp³-hybridized carbons (Fsp3) is 0.143. The van der Waals surface area contributed by atoms with Crippen molar-refractivity contribution in [2.45, 2.75) is 6.92 Å². The summed E-state index contributed by atoms with van der Waals surface area (Å²) >= 11 is 1.24. The lowest BCUT2D eigenvalue weighted by atomic mass is 10.2. The highest BCUT2D eigenvalue weighted by atomic mass is 32.1. The number of hydrogen-bond donors (Lipinski definition) is 1. The highest BCUT2D eigenvalue weighted by Crippen LogP contribution is 2.16. The van der Waals surface area contributed by atoms with Gasteiger partial charge >= 0.3 is 5.97 Å². The van der Waals surface area contributed by atoms with Crippen LogP contribution in [0.3, 0.4) is 0 Å². The Morgan fingerprint density at radius 3 is 2.85 bits per heavy atom. The van der Waals surface area contributed by atoms with Crippen LogP contribution in [-0.2, 0) is 9.53 Å². The van der Waals surface area contributed by atoms with Gasteiger partial charge in [0.15, 0.2) is 6.61 Å². The van der Waals surface area contributed by atoms with Crippen LogP contribution >= 0.6 is 11.3 Å². The largest absolute Gasteiger partial charge is 0.451 e. The lowest BCUT2D eigenvalue weighted by Gasteiger charge is -2.08. The smallest absolute Gasteiger partial charge is 0.348 e. The molecule has 1 aromatic heterocycles. The number of aryl methyl sites for hydroxylation is 1. The van der Waals surface area contributed by atoms with Gasteiger partial charge in [-0.1, -0.05) is 12.1 Å². The zero-order chi connectivity index (χ0) is 14.5. The number of hydrogen-bond acceptors (Lipinski definition) is 4. The predicted molar refractivity (Wildman–Crippen MR) is 74.4 cm³/mol. The van der Waals surface area contributed by atoms with Gasteiger partial charge in [-0.2, -0.15) is 0 Å². The third kappa shape index (κ3) is 3.64. The van der Waals surface area contributed by atoms with Crippen LogP contribution in [0, 0.1) is 12.7 Å². The molecule has 20 heavy (non-hydrogen) atoms. The number of amides is 1. The molecule has 0 unspecified atom stereocenters. The van der Waals surface area contributed by atoms with Crippen molar-refractivity contribution < 1.29 is 18.7 Å². The van der Waals surface area contributed by atoms with Crippen LogP contribution < -0.4 is 5.32 Å². The number of rotatable bonds is 4.